The lowest BCUT2D eigenvalue weighted by molar-refractivity contribution is -0.140. The Morgan fingerprint density at radius 3 is 2.15 bits per heavy atom. The Labute approximate surface area is 205 Å². The molecule has 33 heavy (non-hydrogen) atoms. The Morgan fingerprint density at radius 1 is 0.909 bits per heavy atom. The average molecular weight is 468 g/mol. The number of rotatable bonds is 4. The maximum Gasteiger partial charge on any atom is 0.305 e. The quantitative estimate of drug-likeness (QED) is 0.438. The van der Waals surface area contributed by atoms with Gasteiger partial charge in [0.15, 0.2) is 0 Å². The van der Waals surface area contributed by atoms with Crippen LogP contribution in [0.25, 0.3) is 0 Å². The van der Waals surface area contributed by atoms with Gasteiger partial charge in [-0.05, 0) is 111 Å². The van der Waals surface area contributed by atoms with Gasteiger partial charge in [0, 0.05) is 19.6 Å². The Hall–Kier alpha value is -0.610. The van der Waals surface area contributed by atoms with Gasteiger partial charge in [0.1, 0.15) is 0 Å². The summed E-state index contributed by atoms with van der Waals surface area (Å²) in [4.78, 5) is 11.5. The highest BCUT2D eigenvalue weighted by atomic mass is 16.5. The van der Waals surface area contributed by atoms with Gasteiger partial charge >= 0.3 is 5.97 Å². The van der Waals surface area contributed by atoms with E-state index in [4.69, 9.17) is 15.6 Å². The van der Waals surface area contributed by atoms with Gasteiger partial charge in [0.05, 0.1) is 7.11 Å². The molecule has 3 N–H and O–H groups in total. The first kappa shape index (κ1) is 30.4. The molecule has 4 fully saturated rings. The Morgan fingerprint density at radius 2 is 1.52 bits per heavy atom. The van der Waals surface area contributed by atoms with Crippen LogP contribution in [0.4, 0.5) is 0 Å². The van der Waals surface area contributed by atoms with Crippen molar-refractivity contribution < 1.29 is 14.6 Å². The zero-order valence-electron chi connectivity index (χ0n) is 23.3. The summed E-state index contributed by atoms with van der Waals surface area (Å²) in [5.41, 5.74) is 7.42. The summed E-state index contributed by atoms with van der Waals surface area (Å²) < 4.78 is 4.84. The van der Waals surface area contributed by atoms with Crippen molar-refractivity contribution in [3.63, 3.8) is 0 Å². The highest BCUT2D eigenvalue weighted by Crippen LogP contribution is 2.67. The summed E-state index contributed by atoms with van der Waals surface area (Å²) in [5.74, 6) is 4.47. The summed E-state index contributed by atoms with van der Waals surface area (Å²) in [5, 5.41) is 7.00. The van der Waals surface area contributed by atoms with E-state index < -0.39 is 0 Å². The molecule has 8 atom stereocenters. The third-order valence-electron chi connectivity index (χ3n) is 10.1. The standard InChI is InChI=1S/C24H41NO2.2C2H6.CH4O/c1-23-14-12-21-19(9-7-17-15-18(25)11-13-24(17,21)2)20(23)10-8-16(23)5-4-6-22(26)27-3;3*1-2/h16-21H,4-15,25H2,1-3H3;2*1-2H3;2H,1H3. The van der Waals surface area contributed by atoms with Gasteiger partial charge < -0.3 is 15.6 Å². The number of aliphatic hydroxyl groups excluding tert-OH is 1. The van der Waals surface area contributed by atoms with E-state index in [2.05, 4.69) is 13.8 Å². The normalized spacial score (nSPS) is 40.7. The van der Waals surface area contributed by atoms with Crippen LogP contribution < -0.4 is 5.73 Å². The van der Waals surface area contributed by atoms with Crippen LogP contribution in [0.3, 0.4) is 0 Å². The molecule has 0 amide bonds. The molecule has 0 aromatic rings. The second-order valence-corrected chi connectivity index (χ2v) is 11.0. The SMILES string of the molecule is CC.CC.CO.COC(=O)CCCC1CCC2C3CCC4CC(N)CCC4(C)C3CCC12C. The van der Waals surface area contributed by atoms with Crippen molar-refractivity contribution in [3.8, 4) is 0 Å². The smallest absolute Gasteiger partial charge is 0.305 e. The zero-order chi connectivity index (χ0) is 25.2. The van der Waals surface area contributed by atoms with E-state index in [0.717, 1.165) is 43.1 Å². The summed E-state index contributed by atoms with van der Waals surface area (Å²) in [6.45, 7) is 13.2. The second-order valence-electron chi connectivity index (χ2n) is 11.0. The first-order valence-corrected chi connectivity index (χ1v) is 14.2. The highest BCUT2D eigenvalue weighted by Gasteiger charge is 2.59. The van der Waals surface area contributed by atoms with Gasteiger partial charge in [0.2, 0.25) is 0 Å². The molecule has 0 aromatic heterocycles. The number of fused-ring (bicyclic) bond motifs is 5. The number of nitrogens with two attached hydrogens (primary N) is 1. The summed E-state index contributed by atoms with van der Waals surface area (Å²) in [7, 11) is 2.51. The molecule has 4 heteroatoms. The monoisotopic (exact) mass is 467 g/mol. The molecular formula is C29H57NO3. The van der Waals surface area contributed by atoms with Gasteiger partial charge in [0.25, 0.3) is 0 Å². The van der Waals surface area contributed by atoms with E-state index in [1.807, 2.05) is 27.7 Å². The van der Waals surface area contributed by atoms with Crippen LogP contribution in [0.2, 0.25) is 0 Å². The van der Waals surface area contributed by atoms with Gasteiger partial charge in [-0.3, -0.25) is 4.79 Å². The van der Waals surface area contributed by atoms with Crippen molar-refractivity contribution in [2.24, 2.45) is 46.2 Å². The molecular weight excluding hydrogens is 410 g/mol. The molecule has 8 unspecified atom stereocenters. The molecule has 0 bridgehead atoms. The summed E-state index contributed by atoms with van der Waals surface area (Å²) in [6, 6.07) is 0.458. The van der Waals surface area contributed by atoms with E-state index >= 15 is 0 Å². The van der Waals surface area contributed by atoms with Gasteiger partial charge in [-0.2, -0.15) is 0 Å². The molecule has 0 spiro atoms. The Bertz CT molecular complexity index is 567. The molecule has 4 rings (SSSR count). The van der Waals surface area contributed by atoms with Crippen molar-refractivity contribution in [1.82, 2.24) is 0 Å². The molecule has 0 radical (unpaired) electrons. The first-order valence-electron chi connectivity index (χ1n) is 14.2. The van der Waals surface area contributed by atoms with Gasteiger partial charge in [-0.15, -0.1) is 0 Å². The third kappa shape index (κ3) is 6.34. The fourth-order valence-corrected chi connectivity index (χ4v) is 8.47. The van der Waals surface area contributed by atoms with Crippen molar-refractivity contribution in [2.45, 2.75) is 125 Å². The molecule has 4 nitrogen and oxygen atoms in total. The second kappa shape index (κ2) is 14.1. The largest absolute Gasteiger partial charge is 0.469 e. The third-order valence-corrected chi connectivity index (χ3v) is 10.1. The van der Waals surface area contributed by atoms with Crippen molar-refractivity contribution >= 4 is 5.97 Å². The molecule has 196 valence electrons. The lowest BCUT2D eigenvalue weighted by Gasteiger charge is -2.61. The summed E-state index contributed by atoms with van der Waals surface area (Å²) in [6.07, 6.45) is 15.2. The number of aliphatic hydroxyl groups is 1. The lowest BCUT2D eigenvalue weighted by atomic mass is 9.44. The van der Waals surface area contributed by atoms with Crippen LogP contribution >= 0.6 is 0 Å². The number of esters is 1. The van der Waals surface area contributed by atoms with Crippen LogP contribution in [0.15, 0.2) is 0 Å². The fourth-order valence-electron chi connectivity index (χ4n) is 8.47. The molecule has 0 heterocycles. The minimum absolute atomic E-state index is 0.0415. The minimum Gasteiger partial charge on any atom is -0.469 e. The Kier molecular flexibility index (Phi) is 13.0. The minimum atomic E-state index is -0.0415. The lowest BCUT2D eigenvalue weighted by Crippen LogP contribution is -2.54. The molecule has 4 aliphatic carbocycles. The molecule has 0 aliphatic heterocycles. The maximum atomic E-state index is 11.5. The fraction of sp³-hybridized carbons (Fsp3) is 0.966. The summed E-state index contributed by atoms with van der Waals surface area (Å²) >= 11 is 0. The highest BCUT2D eigenvalue weighted by molar-refractivity contribution is 5.68. The molecule has 4 saturated carbocycles. The first-order chi connectivity index (χ1) is 15.9. The zero-order valence-corrected chi connectivity index (χ0v) is 23.3. The van der Waals surface area contributed by atoms with Crippen LogP contribution in [-0.2, 0) is 9.53 Å². The van der Waals surface area contributed by atoms with E-state index in [-0.39, 0.29) is 5.97 Å². The number of carbonyl (C=O) groups excluding carboxylic acids is 1. The average Bonchev–Trinajstić information content (AvgIpc) is 3.19. The molecule has 0 saturated heterocycles. The van der Waals surface area contributed by atoms with E-state index in [9.17, 15) is 4.79 Å². The number of hydrogen-bond donors (Lipinski definition) is 2. The number of methoxy groups -OCH3 is 1. The maximum absolute atomic E-state index is 11.5. The predicted octanol–water partition coefficient (Wildman–Crippen LogP) is 6.98. The van der Waals surface area contributed by atoms with Gasteiger partial charge in [-0.1, -0.05) is 41.5 Å². The predicted molar refractivity (Wildman–Crippen MR) is 140 cm³/mol. The topological polar surface area (TPSA) is 72.5 Å². The van der Waals surface area contributed by atoms with E-state index in [1.54, 1.807) is 0 Å². The van der Waals surface area contributed by atoms with Gasteiger partial charge in [-0.25, -0.2) is 0 Å². The van der Waals surface area contributed by atoms with Crippen molar-refractivity contribution in [2.75, 3.05) is 14.2 Å². The van der Waals surface area contributed by atoms with Crippen LogP contribution in [0.1, 0.15) is 119 Å². The van der Waals surface area contributed by atoms with E-state index in [1.165, 1.54) is 71.3 Å². The van der Waals surface area contributed by atoms with Crippen molar-refractivity contribution in [1.29, 1.82) is 0 Å². The van der Waals surface area contributed by atoms with Crippen LogP contribution in [-0.4, -0.2) is 31.3 Å². The van der Waals surface area contributed by atoms with E-state index in [0.29, 0.717) is 23.3 Å². The van der Waals surface area contributed by atoms with Crippen molar-refractivity contribution in [3.05, 3.63) is 0 Å². The Balaban J connectivity index is 0.000000841. The molecule has 4 aliphatic rings. The molecule has 0 aromatic carbocycles. The number of hydrogen-bond acceptors (Lipinski definition) is 4. The number of carbonyl (C=O) groups is 1. The number of ether oxygens (including phenoxy) is 1. The van der Waals surface area contributed by atoms with Crippen LogP contribution in [0.5, 0.6) is 0 Å². The van der Waals surface area contributed by atoms with Crippen LogP contribution in [0, 0.1) is 40.4 Å².